The Morgan fingerprint density at radius 3 is 2.38 bits per heavy atom. The lowest BCUT2D eigenvalue weighted by Gasteiger charge is -2.24. The Bertz CT molecular complexity index is 498. The number of urea groups is 1. The standard InChI is InChI=1S/C13H19N3O5/c1-7(10(18)19)14-9(17)8(2)16-11(20)13(15-12(16)21)5-3-4-6-13/h7-8H,3-6H2,1-2H3,(H,14,17)(H,15,21)(H,18,19). The van der Waals surface area contributed by atoms with E-state index in [4.69, 9.17) is 5.11 Å². The van der Waals surface area contributed by atoms with Gasteiger partial charge in [0, 0.05) is 0 Å². The highest BCUT2D eigenvalue weighted by molar-refractivity contribution is 6.10. The van der Waals surface area contributed by atoms with Crippen molar-refractivity contribution in [2.45, 2.75) is 57.2 Å². The fourth-order valence-corrected chi connectivity index (χ4v) is 2.82. The molecule has 21 heavy (non-hydrogen) atoms. The minimum Gasteiger partial charge on any atom is -0.480 e. The molecule has 4 amide bonds. The molecule has 3 N–H and O–H groups in total. The van der Waals surface area contributed by atoms with Crippen LogP contribution in [0, 0.1) is 0 Å². The van der Waals surface area contributed by atoms with Gasteiger partial charge < -0.3 is 15.7 Å². The molecule has 8 nitrogen and oxygen atoms in total. The Hall–Kier alpha value is -2.12. The minimum atomic E-state index is -1.18. The molecular formula is C13H19N3O5. The number of carbonyl (C=O) groups is 4. The molecule has 1 saturated heterocycles. The van der Waals surface area contributed by atoms with Crippen LogP contribution in [0.4, 0.5) is 4.79 Å². The lowest BCUT2D eigenvalue weighted by Crippen LogP contribution is -2.52. The summed E-state index contributed by atoms with van der Waals surface area (Å²) in [5.41, 5.74) is -0.871. The maximum atomic E-state index is 12.5. The topological polar surface area (TPSA) is 116 Å². The van der Waals surface area contributed by atoms with E-state index in [0.29, 0.717) is 12.8 Å². The summed E-state index contributed by atoms with van der Waals surface area (Å²) in [6.07, 6.45) is 2.87. The van der Waals surface area contributed by atoms with Crippen molar-refractivity contribution >= 4 is 23.8 Å². The number of nitrogens with zero attached hydrogens (tertiary/aromatic N) is 1. The van der Waals surface area contributed by atoms with Crippen molar-refractivity contribution < 1.29 is 24.3 Å². The van der Waals surface area contributed by atoms with Gasteiger partial charge in [-0.3, -0.25) is 14.4 Å². The average Bonchev–Trinajstić information content (AvgIpc) is 2.96. The molecule has 8 heteroatoms. The van der Waals surface area contributed by atoms with Crippen molar-refractivity contribution in [3.05, 3.63) is 0 Å². The molecule has 2 aliphatic rings. The molecular weight excluding hydrogens is 278 g/mol. The highest BCUT2D eigenvalue weighted by Gasteiger charge is 2.54. The van der Waals surface area contributed by atoms with Crippen LogP contribution in [0.5, 0.6) is 0 Å². The Morgan fingerprint density at radius 2 is 1.86 bits per heavy atom. The molecule has 2 rings (SSSR count). The first-order chi connectivity index (χ1) is 9.78. The van der Waals surface area contributed by atoms with Crippen molar-refractivity contribution in [3.8, 4) is 0 Å². The van der Waals surface area contributed by atoms with Crippen LogP contribution in [0.2, 0.25) is 0 Å². The molecule has 0 radical (unpaired) electrons. The zero-order valence-electron chi connectivity index (χ0n) is 12.0. The Balaban J connectivity index is 2.10. The van der Waals surface area contributed by atoms with Crippen LogP contribution in [0.25, 0.3) is 0 Å². The number of amides is 4. The van der Waals surface area contributed by atoms with Gasteiger partial charge in [-0.15, -0.1) is 0 Å². The Morgan fingerprint density at radius 1 is 1.29 bits per heavy atom. The number of carbonyl (C=O) groups excluding carboxylic acids is 3. The molecule has 1 aliphatic heterocycles. The molecule has 1 spiro atoms. The maximum Gasteiger partial charge on any atom is 0.325 e. The molecule has 1 heterocycles. The van der Waals surface area contributed by atoms with E-state index in [9.17, 15) is 19.2 Å². The maximum absolute atomic E-state index is 12.5. The van der Waals surface area contributed by atoms with Crippen molar-refractivity contribution in [3.63, 3.8) is 0 Å². The van der Waals surface area contributed by atoms with E-state index in [1.54, 1.807) is 0 Å². The number of nitrogens with one attached hydrogen (secondary N) is 2. The highest BCUT2D eigenvalue weighted by atomic mass is 16.4. The van der Waals surface area contributed by atoms with Gasteiger partial charge in [-0.05, 0) is 26.7 Å². The third-order valence-corrected chi connectivity index (χ3v) is 4.15. The van der Waals surface area contributed by atoms with E-state index < -0.39 is 41.4 Å². The van der Waals surface area contributed by atoms with E-state index in [1.165, 1.54) is 13.8 Å². The first-order valence-electron chi connectivity index (χ1n) is 6.97. The zero-order valence-corrected chi connectivity index (χ0v) is 12.0. The first-order valence-corrected chi connectivity index (χ1v) is 6.97. The van der Waals surface area contributed by atoms with Crippen molar-refractivity contribution in [1.82, 2.24) is 15.5 Å². The lowest BCUT2D eigenvalue weighted by molar-refractivity contribution is -0.143. The second-order valence-electron chi connectivity index (χ2n) is 5.64. The molecule has 2 fully saturated rings. The van der Waals surface area contributed by atoms with E-state index >= 15 is 0 Å². The first kappa shape index (κ1) is 15.3. The summed E-state index contributed by atoms with van der Waals surface area (Å²) in [6.45, 7) is 2.73. The predicted octanol–water partition coefficient (Wildman–Crippen LogP) is -0.171. The third-order valence-electron chi connectivity index (χ3n) is 4.15. The van der Waals surface area contributed by atoms with Gasteiger partial charge in [0.2, 0.25) is 5.91 Å². The van der Waals surface area contributed by atoms with Crippen LogP contribution in [0.1, 0.15) is 39.5 Å². The Labute approximate surface area is 121 Å². The van der Waals surface area contributed by atoms with Crippen molar-refractivity contribution in [2.75, 3.05) is 0 Å². The number of hydrogen-bond donors (Lipinski definition) is 3. The number of imide groups is 1. The summed E-state index contributed by atoms with van der Waals surface area (Å²) in [7, 11) is 0. The normalized spacial score (nSPS) is 23.0. The number of carboxylic acid groups (broad SMARTS) is 1. The van der Waals surface area contributed by atoms with Gasteiger partial charge in [0.15, 0.2) is 0 Å². The van der Waals surface area contributed by atoms with Gasteiger partial charge in [-0.25, -0.2) is 9.69 Å². The average molecular weight is 297 g/mol. The second kappa shape index (κ2) is 5.34. The van der Waals surface area contributed by atoms with E-state index in [-0.39, 0.29) is 0 Å². The molecule has 1 saturated carbocycles. The second-order valence-corrected chi connectivity index (χ2v) is 5.64. The number of hydrogen-bond acceptors (Lipinski definition) is 4. The van der Waals surface area contributed by atoms with Gasteiger partial charge in [0.05, 0.1) is 0 Å². The van der Waals surface area contributed by atoms with Gasteiger partial charge in [0.25, 0.3) is 5.91 Å². The molecule has 1 aliphatic carbocycles. The molecule has 0 bridgehead atoms. The zero-order chi connectivity index (χ0) is 15.8. The molecule has 2 unspecified atom stereocenters. The molecule has 0 aromatic rings. The van der Waals surface area contributed by atoms with Crippen LogP contribution in [0.15, 0.2) is 0 Å². The van der Waals surface area contributed by atoms with Crippen LogP contribution in [-0.2, 0) is 14.4 Å². The largest absolute Gasteiger partial charge is 0.480 e. The van der Waals surface area contributed by atoms with Gasteiger partial charge >= 0.3 is 12.0 Å². The highest BCUT2D eigenvalue weighted by Crippen LogP contribution is 2.35. The van der Waals surface area contributed by atoms with Crippen LogP contribution >= 0.6 is 0 Å². The summed E-state index contributed by atoms with van der Waals surface area (Å²) in [6, 6.07) is -2.71. The summed E-state index contributed by atoms with van der Waals surface area (Å²) < 4.78 is 0. The van der Waals surface area contributed by atoms with Crippen LogP contribution in [0.3, 0.4) is 0 Å². The van der Waals surface area contributed by atoms with Gasteiger partial charge in [-0.2, -0.15) is 0 Å². The number of rotatable bonds is 4. The monoisotopic (exact) mass is 297 g/mol. The summed E-state index contributed by atoms with van der Waals surface area (Å²) in [5.74, 6) is -2.24. The fraction of sp³-hybridized carbons (Fsp3) is 0.692. The van der Waals surface area contributed by atoms with Crippen molar-refractivity contribution in [2.24, 2.45) is 0 Å². The molecule has 116 valence electrons. The van der Waals surface area contributed by atoms with Gasteiger partial charge in [0.1, 0.15) is 17.6 Å². The van der Waals surface area contributed by atoms with Crippen LogP contribution < -0.4 is 10.6 Å². The van der Waals surface area contributed by atoms with Crippen molar-refractivity contribution in [1.29, 1.82) is 0 Å². The summed E-state index contributed by atoms with van der Waals surface area (Å²) >= 11 is 0. The molecule has 2 atom stereocenters. The molecule has 0 aromatic carbocycles. The van der Waals surface area contributed by atoms with E-state index in [1.807, 2.05) is 0 Å². The summed E-state index contributed by atoms with van der Waals surface area (Å²) in [4.78, 5) is 48.1. The lowest BCUT2D eigenvalue weighted by atomic mass is 9.97. The fourth-order valence-electron chi connectivity index (χ4n) is 2.82. The number of carboxylic acids is 1. The minimum absolute atomic E-state index is 0.393. The van der Waals surface area contributed by atoms with E-state index in [0.717, 1.165) is 17.7 Å². The Kier molecular flexibility index (Phi) is 3.89. The molecule has 0 aromatic heterocycles. The van der Waals surface area contributed by atoms with Gasteiger partial charge in [-0.1, -0.05) is 12.8 Å². The van der Waals surface area contributed by atoms with Crippen LogP contribution in [-0.4, -0.2) is 51.4 Å². The number of aliphatic carboxylic acids is 1. The summed E-state index contributed by atoms with van der Waals surface area (Å²) in [5, 5.41) is 13.7. The SMILES string of the molecule is CC(NC(=O)C(C)N1C(=O)NC2(CCCC2)C1=O)C(=O)O. The third kappa shape index (κ3) is 2.57. The van der Waals surface area contributed by atoms with E-state index in [2.05, 4.69) is 10.6 Å². The predicted molar refractivity (Wildman–Crippen MR) is 71.3 cm³/mol. The quantitative estimate of drug-likeness (QED) is 0.623. The smallest absolute Gasteiger partial charge is 0.325 e.